The minimum absolute atomic E-state index is 0.256. The molecule has 0 aliphatic rings. The summed E-state index contributed by atoms with van der Waals surface area (Å²) in [5, 5.41) is 7.47. The first kappa shape index (κ1) is 14.0. The fourth-order valence-electron chi connectivity index (χ4n) is 2.33. The van der Waals surface area contributed by atoms with Crippen LogP contribution in [0.1, 0.15) is 6.92 Å². The highest BCUT2D eigenvalue weighted by atomic mass is 16.2. The number of urea groups is 1. The lowest BCUT2D eigenvalue weighted by molar-refractivity contribution is 0.252. The molecular formula is C17H16N4O. The van der Waals surface area contributed by atoms with Crippen LogP contribution in [0.2, 0.25) is 0 Å². The largest absolute Gasteiger partial charge is 0.338 e. The summed E-state index contributed by atoms with van der Waals surface area (Å²) in [6, 6.07) is 11.6. The second kappa shape index (κ2) is 6.22. The van der Waals surface area contributed by atoms with Crippen molar-refractivity contribution in [3.63, 3.8) is 0 Å². The fourth-order valence-corrected chi connectivity index (χ4v) is 2.33. The van der Waals surface area contributed by atoms with Gasteiger partial charge in [0.25, 0.3) is 0 Å². The SMILES string of the molecule is CCNC(=O)Nc1cc2c(-c3cccnc3)cccc2cn1. The predicted octanol–water partition coefficient (Wildman–Crippen LogP) is 3.44. The van der Waals surface area contributed by atoms with Crippen LogP contribution >= 0.6 is 0 Å². The number of fused-ring (bicyclic) bond motifs is 1. The lowest BCUT2D eigenvalue weighted by Crippen LogP contribution is -2.28. The van der Waals surface area contributed by atoms with E-state index in [1.165, 1.54) is 0 Å². The molecule has 0 spiro atoms. The zero-order valence-electron chi connectivity index (χ0n) is 12.2. The van der Waals surface area contributed by atoms with E-state index in [-0.39, 0.29) is 6.03 Å². The Morgan fingerprint density at radius 1 is 1.18 bits per heavy atom. The smallest absolute Gasteiger partial charge is 0.320 e. The molecule has 0 fully saturated rings. The Balaban J connectivity index is 2.05. The summed E-state index contributed by atoms with van der Waals surface area (Å²) in [6.45, 7) is 2.44. The van der Waals surface area contributed by atoms with Crippen LogP contribution in [0.3, 0.4) is 0 Å². The van der Waals surface area contributed by atoms with Crippen molar-refractivity contribution in [2.45, 2.75) is 6.92 Å². The highest BCUT2D eigenvalue weighted by molar-refractivity contribution is 5.99. The van der Waals surface area contributed by atoms with Crippen molar-refractivity contribution in [3.8, 4) is 11.1 Å². The Bertz CT molecular complexity index is 802. The van der Waals surface area contributed by atoms with Gasteiger partial charge in [0.15, 0.2) is 0 Å². The molecule has 0 bridgehead atoms. The van der Waals surface area contributed by atoms with E-state index in [0.717, 1.165) is 21.9 Å². The minimum Gasteiger partial charge on any atom is -0.338 e. The zero-order valence-corrected chi connectivity index (χ0v) is 12.2. The van der Waals surface area contributed by atoms with E-state index >= 15 is 0 Å². The third-order valence-corrected chi connectivity index (χ3v) is 3.32. The van der Waals surface area contributed by atoms with Crippen LogP contribution in [0.5, 0.6) is 0 Å². The van der Waals surface area contributed by atoms with Crippen LogP contribution in [0, 0.1) is 0 Å². The van der Waals surface area contributed by atoms with Gasteiger partial charge in [0, 0.05) is 36.1 Å². The molecule has 110 valence electrons. The van der Waals surface area contributed by atoms with Crippen molar-refractivity contribution < 1.29 is 4.79 Å². The second-order valence-electron chi connectivity index (χ2n) is 4.82. The molecule has 0 saturated carbocycles. The molecule has 5 nitrogen and oxygen atoms in total. The number of benzene rings is 1. The Labute approximate surface area is 128 Å². The molecule has 2 amide bonds. The average molecular weight is 292 g/mol. The lowest BCUT2D eigenvalue weighted by atomic mass is 10.0. The molecule has 3 aromatic rings. The number of pyridine rings is 2. The number of amides is 2. The van der Waals surface area contributed by atoms with E-state index in [1.54, 1.807) is 12.4 Å². The standard InChI is InChI=1S/C17H16N4O/c1-2-19-17(22)21-16-9-15-13(11-20-16)5-3-7-14(15)12-6-4-8-18-10-12/h3-11H,2H2,1H3,(H2,19,20,21,22). The van der Waals surface area contributed by atoms with E-state index in [1.807, 2.05) is 49.5 Å². The molecule has 5 heteroatoms. The number of nitrogens with zero attached hydrogens (tertiary/aromatic N) is 2. The molecule has 0 unspecified atom stereocenters. The molecule has 0 atom stereocenters. The number of hydrogen-bond acceptors (Lipinski definition) is 3. The van der Waals surface area contributed by atoms with Gasteiger partial charge in [0.05, 0.1) is 0 Å². The maximum Gasteiger partial charge on any atom is 0.320 e. The monoisotopic (exact) mass is 292 g/mol. The number of hydrogen-bond donors (Lipinski definition) is 2. The Kier molecular flexibility index (Phi) is 3.96. The minimum atomic E-state index is -0.256. The van der Waals surface area contributed by atoms with Crippen molar-refractivity contribution in [2.24, 2.45) is 0 Å². The fraction of sp³-hybridized carbons (Fsp3) is 0.118. The number of carbonyl (C=O) groups excluding carboxylic acids is 1. The van der Waals surface area contributed by atoms with E-state index in [0.29, 0.717) is 12.4 Å². The summed E-state index contributed by atoms with van der Waals surface area (Å²) in [4.78, 5) is 20.1. The first-order chi connectivity index (χ1) is 10.8. The Hall–Kier alpha value is -2.95. The first-order valence-electron chi connectivity index (χ1n) is 7.12. The number of anilines is 1. The average Bonchev–Trinajstić information content (AvgIpc) is 2.55. The summed E-state index contributed by atoms with van der Waals surface area (Å²) >= 11 is 0. The molecule has 2 heterocycles. The van der Waals surface area contributed by atoms with Crippen molar-refractivity contribution in [1.82, 2.24) is 15.3 Å². The molecule has 0 radical (unpaired) electrons. The third kappa shape index (κ3) is 2.88. The second-order valence-corrected chi connectivity index (χ2v) is 4.82. The van der Waals surface area contributed by atoms with Gasteiger partial charge >= 0.3 is 6.03 Å². The quantitative estimate of drug-likeness (QED) is 0.777. The summed E-state index contributed by atoms with van der Waals surface area (Å²) in [7, 11) is 0. The van der Waals surface area contributed by atoms with Crippen LogP contribution in [0.4, 0.5) is 10.6 Å². The van der Waals surface area contributed by atoms with Crippen LogP contribution < -0.4 is 10.6 Å². The van der Waals surface area contributed by atoms with Crippen molar-refractivity contribution in [3.05, 3.63) is 55.0 Å². The molecule has 3 rings (SSSR count). The van der Waals surface area contributed by atoms with Crippen LogP contribution in [-0.2, 0) is 0 Å². The molecule has 0 saturated heterocycles. The van der Waals surface area contributed by atoms with E-state index < -0.39 is 0 Å². The first-order valence-corrected chi connectivity index (χ1v) is 7.12. The molecular weight excluding hydrogens is 276 g/mol. The molecule has 2 aromatic heterocycles. The van der Waals surface area contributed by atoms with Crippen molar-refractivity contribution in [2.75, 3.05) is 11.9 Å². The molecule has 0 aliphatic carbocycles. The summed E-state index contributed by atoms with van der Waals surface area (Å²) in [5.41, 5.74) is 2.09. The van der Waals surface area contributed by atoms with Crippen LogP contribution in [0.25, 0.3) is 21.9 Å². The Morgan fingerprint density at radius 3 is 2.86 bits per heavy atom. The van der Waals surface area contributed by atoms with Crippen LogP contribution in [-0.4, -0.2) is 22.5 Å². The van der Waals surface area contributed by atoms with Crippen LogP contribution in [0.15, 0.2) is 55.0 Å². The van der Waals surface area contributed by atoms with Gasteiger partial charge in [0.2, 0.25) is 0 Å². The van der Waals surface area contributed by atoms with Crippen molar-refractivity contribution >= 4 is 22.6 Å². The molecule has 22 heavy (non-hydrogen) atoms. The number of carbonyl (C=O) groups is 1. The summed E-state index contributed by atoms with van der Waals surface area (Å²) in [5.74, 6) is 0.523. The van der Waals surface area contributed by atoms with E-state index in [2.05, 4.69) is 20.6 Å². The van der Waals surface area contributed by atoms with E-state index in [9.17, 15) is 4.79 Å². The van der Waals surface area contributed by atoms with Gasteiger partial charge in [-0.15, -0.1) is 0 Å². The zero-order chi connectivity index (χ0) is 15.4. The van der Waals surface area contributed by atoms with Gasteiger partial charge in [-0.25, -0.2) is 9.78 Å². The van der Waals surface area contributed by atoms with E-state index in [4.69, 9.17) is 0 Å². The third-order valence-electron chi connectivity index (χ3n) is 3.32. The number of aromatic nitrogens is 2. The topological polar surface area (TPSA) is 66.9 Å². The maximum absolute atomic E-state index is 11.6. The van der Waals surface area contributed by atoms with Gasteiger partial charge in [-0.2, -0.15) is 0 Å². The highest BCUT2D eigenvalue weighted by Crippen LogP contribution is 2.29. The van der Waals surface area contributed by atoms with Gasteiger partial charge in [-0.05, 0) is 30.0 Å². The summed E-state index contributed by atoms with van der Waals surface area (Å²) < 4.78 is 0. The molecule has 1 aromatic carbocycles. The normalized spacial score (nSPS) is 10.4. The number of rotatable bonds is 3. The van der Waals surface area contributed by atoms with Gasteiger partial charge in [-0.3, -0.25) is 10.3 Å². The maximum atomic E-state index is 11.6. The van der Waals surface area contributed by atoms with Crippen molar-refractivity contribution in [1.29, 1.82) is 0 Å². The predicted molar refractivity (Wildman–Crippen MR) is 87.7 cm³/mol. The van der Waals surface area contributed by atoms with Gasteiger partial charge < -0.3 is 5.32 Å². The lowest BCUT2D eigenvalue weighted by Gasteiger charge is -2.09. The van der Waals surface area contributed by atoms with Gasteiger partial charge in [0.1, 0.15) is 5.82 Å². The number of nitrogens with one attached hydrogen (secondary N) is 2. The van der Waals surface area contributed by atoms with Gasteiger partial charge in [-0.1, -0.05) is 24.3 Å². The molecule has 0 aliphatic heterocycles. The highest BCUT2D eigenvalue weighted by Gasteiger charge is 2.07. The molecule has 2 N–H and O–H groups in total. The Morgan fingerprint density at radius 2 is 2.09 bits per heavy atom. The summed E-state index contributed by atoms with van der Waals surface area (Å²) in [6.07, 6.45) is 5.33.